The molecule has 144 valence electrons. The number of piperidine rings is 1. The molecule has 0 aromatic carbocycles. The maximum absolute atomic E-state index is 12.6. The van der Waals surface area contributed by atoms with Crippen LogP contribution in [0.5, 0.6) is 0 Å². The minimum Gasteiger partial charge on any atom is -0.360 e. The van der Waals surface area contributed by atoms with Crippen molar-refractivity contribution in [2.24, 2.45) is 11.1 Å². The summed E-state index contributed by atoms with van der Waals surface area (Å²) >= 11 is 0. The minimum atomic E-state index is -0.193. The number of carbonyl (C=O) groups excluding carboxylic acids is 2. The first-order valence-electron chi connectivity index (χ1n) is 9.56. The standard InChI is InChI=1S/C19H30N4O3/c1-12-8-14(6-7-23(12)17(24)10-19(2,3)11-20)21-18(25)15-9-16(26-22-15)13-4-5-13/h9,12-14H,4-8,10-11,20H2,1-3H3,(H,21,25)/t12-,14?/m1/s1. The second kappa shape index (κ2) is 7.39. The fraction of sp³-hybridized carbons (Fsp3) is 0.737. The molecule has 26 heavy (non-hydrogen) atoms. The van der Waals surface area contributed by atoms with Crippen LogP contribution in [-0.2, 0) is 4.79 Å². The van der Waals surface area contributed by atoms with E-state index in [0.717, 1.165) is 31.4 Å². The van der Waals surface area contributed by atoms with Gasteiger partial charge >= 0.3 is 0 Å². The van der Waals surface area contributed by atoms with Crippen LogP contribution >= 0.6 is 0 Å². The maximum atomic E-state index is 12.6. The van der Waals surface area contributed by atoms with Gasteiger partial charge in [0.25, 0.3) is 5.91 Å². The van der Waals surface area contributed by atoms with Gasteiger partial charge in [-0.3, -0.25) is 9.59 Å². The Morgan fingerprint density at radius 3 is 2.73 bits per heavy atom. The number of amides is 2. The molecule has 1 saturated heterocycles. The summed E-state index contributed by atoms with van der Waals surface area (Å²) in [5.74, 6) is 1.20. The van der Waals surface area contributed by atoms with Gasteiger partial charge < -0.3 is 20.5 Å². The number of likely N-dealkylation sites (tertiary alicyclic amines) is 1. The molecular weight excluding hydrogens is 332 g/mol. The molecule has 0 bridgehead atoms. The smallest absolute Gasteiger partial charge is 0.273 e. The first-order chi connectivity index (χ1) is 12.3. The lowest BCUT2D eigenvalue weighted by Gasteiger charge is -2.39. The van der Waals surface area contributed by atoms with Gasteiger partial charge in [-0.15, -0.1) is 0 Å². The Bertz CT molecular complexity index is 665. The molecule has 2 atom stereocenters. The molecule has 1 aromatic heterocycles. The Hall–Kier alpha value is -1.89. The molecule has 2 fully saturated rings. The van der Waals surface area contributed by atoms with E-state index in [1.54, 1.807) is 6.07 Å². The van der Waals surface area contributed by atoms with Crippen molar-refractivity contribution in [3.63, 3.8) is 0 Å². The Balaban J connectivity index is 1.51. The van der Waals surface area contributed by atoms with Gasteiger partial charge in [0.05, 0.1) is 0 Å². The maximum Gasteiger partial charge on any atom is 0.273 e. The average molecular weight is 362 g/mol. The summed E-state index contributed by atoms with van der Waals surface area (Å²) in [6.07, 6.45) is 4.17. The van der Waals surface area contributed by atoms with Crippen LogP contribution in [-0.4, -0.2) is 47.0 Å². The predicted octanol–water partition coefficient (Wildman–Crippen LogP) is 2.04. The molecule has 1 saturated carbocycles. The van der Waals surface area contributed by atoms with Crippen LogP contribution in [0.3, 0.4) is 0 Å². The summed E-state index contributed by atoms with van der Waals surface area (Å²) in [6.45, 7) is 7.19. The number of hydrogen-bond donors (Lipinski definition) is 2. The van der Waals surface area contributed by atoms with E-state index in [1.807, 2.05) is 25.7 Å². The summed E-state index contributed by atoms with van der Waals surface area (Å²) in [5.41, 5.74) is 5.91. The quantitative estimate of drug-likeness (QED) is 0.806. The molecule has 2 amide bonds. The third-order valence-electron chi connectivity index (χ3n) is 5.45. The number of nitrogens with two attached hydrogens (primary N) is 1. The second-order valence-corrected chi connectivity index (χ2v) is 8.56. The van der Waals surface area contributed by atoms with Crippen molar-refractivity contribution in [1.82, 2.24) is 15.4 Å². The summed E-state index contributed by atoms with van der Waals surface area (Å²) in [5, 5.41) is 6.93. The molecule has 0 spiro atoms. The molecule has 3 rings (SSSR count). The molecule has 7 nitrogen and oxygen atoms in total. The number of carbonyl (C=O) groups is 2. The summed E-state index contributed by atoms with van der Waals surface area (Å²) < 4.78 is 5.25. The van der Waals surface area contributed by atoms with Crippen molar-refractivity contribution in [1.29, 1.82) is 0 Å². The number of aromatic nitrogens is 1. The highest BCUT2D eigenvalue weighted by Gasteiger charge is 2.33. The first kappa shape index (κ1) is 18.9. The lowest BCUT2D eigenvalue weighted by molar-refractivity contribution is -0.136. The number of rotatable bonds is 6. The van der Waals surface area contributed by atoms with E-state index < -0.39 is 0 Å². The third kappa shape index (κ3) is 4.44. The van der Waals surface area contributed by atoms with Crippen molar-refractivity contribution in [3.05, 3.63) is 17.5 Å². The summed E-state index contributed by atoms with van der Waals surface area (Å²) in [7, 11) is 0. The van der Waals surface area contributed by atoms with Crippen LogP contribution < -0.4 is 11.1 Å². The zero-order chi connectivity index (χ0) is 18.9. The number of nitrogens with zero attached hydrogens (tertiary/aromatic N) is 2. The van der Waals surface area contributed by atoms with Gasteiger partial charge in [-0.1, -0.05) is 19.0 Å². The van der Waals surface area contributed by atoms with E-state index >= 15 is 0 Å². The minimum absolute atomic E-state index is 0.0464. The van der Waals surface area contributed by atoms with Crippen molar-refractivity contribution in [2.75, 3.05) is 13.1 Å². The van der Waals surface area contributed by atoms with E-state index in [2.05, 4.69) is 10.5 Å². The van der Waals surface area contributed by atoms with Gasteiger partial charge in [0.2, 0.25) is 5.91 Å². The van der Waals surface area contributed by atoms with Crippen molar-refractivity contribution < 1.29 is 14.1 Å². The van der Waals surface area contributed by atoms with Gasteiger partial charge in [-0.25, -0.2) is 0 Å². The number of nitrogens with one attached hydrogen (secondary N) is 1. The highest BCUT2D eigenvalue weighted by atomic mass is 16.5. The molecule has 1 aliphatic heterocycles. The average Bonchev–Trinajstić information content (AvgIpc) is 3.31. The lowest BCUT2D eigenvalue weighted by Crippen LogP contribution is -2.51. The SMILES string of the molecule is C[C@@H]1CC(NC(=O)c2cc(C3CC3)on2)CCN1C(=O)CC(C)(C)CN. The molecule has 1 aromatic rings. The molecule has 1 aliphatic carbocycles. The van der Waals surface area contributed by atoms with E-state index in [0.29, 0.717) is 31.1 Å². The fourth-order valence-electron chi connectivity index (χ4n) is 3.47. The van der Waals surface area contributed by atoms with Crippen LogP contribution in [0, 0.1) is 5.41 Å². The Kier molecular flexibility index (Phi) is 5.37. The van der Waals surface area contributed by atoms with E-state index in [4.69, 9.17) is 10.3 Å². The van der Waals surface area contributed by atoms with Crippen molar-refractivity contribution >= 4 is 11.8 Å². The molecule has 3 N–H and O–H groups in total. The zero-order valence-electron chi connectivity index (χ0n) is 16.0. The highest BCUT2D eigenvalue weighted by molar-refractivity contribution is 5.92. The topological polar surface area (TPSA) is 101 Å². The predicted molar refractivity (Wildman–Crippen MR) is 97.6 cm³/mol. The van der Waals surface area contributed by atoms with Gasteiger partial charge in [-0.05, 0) is 44.6 Å². The molecular formula is C19H30N4O3. The normalized spacial score (nSPS) is 23.8. The summed E-state index contributed by atoms with van der Waals surface area (Å²) in [6, 6.07) is 1.89. The van der Waals surface area contributed by atoms with Gasteiger partial charge in [-0.2, -0.15) is 0 Å². The Morgan fingerprint density at radius 1 is 1.38 bits per heavy atom. The van der Waals surface area contributed by atoms with E-state index in [9.17, 15) is 9.59 Å². The zero-order valence-corrected chi connectivity index (χ0v) is 16.0. The van der Waals surface area contributed by atoms with Crippen LogP contribution in [0.1, 0.15) is 75.0 Å². The van der Waals surface area contributed by atoms with E-state index in [1.165, 1.54) is 0 Å². The molecule has 7 heteroatoms. The highest BCUT2D eigenvalue weighted by Crippen LogP contribution is 2.40. The van der Waals surface area contributed by atoms with Gasteiger partial charge in [0.15, 0.2) is 5.69 Å². The van der Waals surface area contributed by atoms with Crippen LogP contribution in [0.2, 0.25) is 0 Å². The second-order valence-electron chi connectivity index (χ2n) is 8.56. The molecule has 2 heterocycles. The number of hydrogen-bond acceptors (Lipinski definition) is 5. The fourth-order valence-corrected chi connectivity index (χ4v) is 3.47. The van der Waals surface area contributed by atoms with Crippen LogP contribution in [0.15, 0.2) is 10.6 Å². The third-order valence-corrected chi connectivity index (χ3v) is 5.45. The Morgan fingerprint density at radius 2 is 2.12 bits per heavy atom. The monoisotopic (exact) mass is 362 g/mol. The van der Waals surface area contributed by atoms with Crippen molar-refractivity contribution in [2.45, 2.75) is 70.9 Å². The van der Waals surface area contributed by atoms with Gasteiger partial charge in [0.1, 0.15) is 5.76 Å². The van der Waals surface area contributed by atoms with Gasteiger partial charge in [0, 0.05) is 37.0 Å². The Labute approximate surface area is 154 Å². The molecule has 0 radical (unpaired) electrons. The summed E-state index contributed by atoms with van der Waals surface area (Å²) in [4.78, 5) is 26.9. The largest absolute Gasteiger partial charge is 0.360 e. The van der Waals surface area contributed by atoms with E-state index in [-0.39, 0.29) is 29.3 Å². The molecule has 2 aliphatic rings. The van der Waals surface area contributed by atoms with Crippen LogP contribution in [0.25, 0.3) is 0 Å². The van der Waals surface area contributed by atoms with Crippen molar-refractivity contribution in [3.8, 4) is 0 Å². The first-order valence-corrected chi connectivity index (χ1v) is 9.56. The lowest BCUT2D eigenvalue weighted by atomic mass is 9.88. The van der Waals surface area contributed by atoms with Crippen LogP contribution in [0.4, 0.5) is 0 Å². The molecule has 1 unspecified atom stereocenters.